The Balaban J connectivity index is 2.41. The molecule has 1 amide bonds. The Labute approximate surface area is 121 Å². The number of benzene rings is 1. The average molecular weight is 293 g/mol. The van der Waals surface area contributed by atoms with Crippen molar-refractivity contribution in [3.63, 3.8) is 0 Å². The average Bonchev–Trinajstić information content (AvgIpc) is 2.76. The van der Waals surface area contributed by atoms with Crippen LogP contribution in [0.25, 0.3) is 0 Å². The summed E-state index contributed by atoms with van der Waals surface area (Å²) in [5.74, 6) is -1.40. The van der Waals surface area contributed by atoms with Crippen molar-refractivity contribution in [2.24, 2.45) is 7.05 Å². The highest BCUT2D eigenvalue weighted by Crippen LogP contribution is 2.22. The van der Waals surface area contributed by atoms with Gasteiger partial charge < -0.3 is 14.6 Å². The molecule has 0 fully saturated rings. The molecule has 20 heavy (non-hydrogen) atoms. The fraction of sp³-hybridized carbons (Fsp3) is 0.143. The monoisotopic (exact) mass is 292 g/mol. The summed E-state index contributed by atoms with van der Waals surface area (Å²) in [6, 6.07) is 7.89. The maximum Gasteiger partial charge on any atom is 0.337 e. The molecule has 2 rings (SSSR count). The third kappa shape index (κ3) is 2.53. The van der Waals surface area contributed by atoms with E-state index in [9.17, 15) is 9.59 Å². The topological polar surface area (TPSA) is 62.5 Å². The molecule has 0 saturated heterocycles. The molecule has 1 N–H and O–H groups in total. The number of halogens is 1. The Hall–Kier alpha value is -2.27. The third-order valence-corrected chi connectivity index (χ3v) is 3.20. The summed E-state index contributed by atoms with van der Waals surface area (Å²) in [5.41, 5.74) is 0.795. The van der Waals surface area contributed by atoms with E-state index in [-0.39, 0.29) is 11.5 Å². The van der Waals surface area contributed by atoms with Gasteiger partial charge in [0.2, 0.25) is 0 Å². The Morgan fingerprint density at radius 2 is 1.95 bits per heavy atom. The van der Waals surface area contributed by atoms with E-state index in [1.54, 1.807) is 42.1 Å². The highest BCUT2D eigenvalue weighted by molar-refractivity contribution is 6.31. The van der Waals surface area contributed by atoms with E-state index in [1.165, 1.54) is 18.0 Å². The standard InChI is InChI=1S/C14H13ClN2O3/c1-16-8-9(15)7-12(16)13(18)17(2)11-6-4-3-5-10(11)14(19)20/h3-8H,1-2H3,(H,19,20). The molecule has 0 spiro atoms. The van der Waals surface area contributed by atoms with Crippen molar-refractivity contribution in [2.45, 2.75) is 0 Å². The number of nitrogens with zero attached hydrogens (tertiary/aromatic N) is 2. The second-order valence-electron chi connectivity index (χ2n) is 4.34. The Morgan fingerprint density at radius 3 is 2.50 bits per heavy atom. The van der Waals surface area contributed by atoms with Gasteiger partial charge in [0.05, 0.1) is 16.3 Å². The van der Waals surface area contributed by atoms with Crippen LogP contribution in [-0.2, 0) is 7.05 Å². The first-order valence-corrected chi connectivity index (χ1v) is 6.22. The number of anilines is 1. The molecule has 1 heterocycles. The number of hydrogen-bond donors (Lipinski definition) is 1. The van der Waals surface area contributed by atoms with E-state index in [1.807, 2.05) is 0 Å². The van der Waals surface area contributed by atoms with E-state index in [0.717, 1.165) is 0 Å². The molecule has 2 aromatic rings. The minimum Gasteiger partial charge on any atom is -0.478 e. The lowest BCUT2D eigenvalue weighted by molar-refractivity contribution is 0.0697. The number of carbonyl (C=O) groups excluding carboxylic acids is 1. The van der Waals surface area contributed by atoms with Crippen molar-refractivity contribution in [3.05, 3.63) is 52.8 Å². The maximum atomic E-state index is 12.4. The number of aryl methyl sites for hydroxylation is 1. The van der Waals surface area contributed by atoms with Crippen molar-refractivity contribution >= 4 is 29.2 Å². The zero-order chi connectivity index (χ0) is 14.9. The van der Waals surface area contributed by atoms with Gasteiger partial charge in [-0.1, -0.05) is 23.7 Å². The zero-order valence-corrected chi connectivity index (χ0v) is 11.8. The molecular weight excluding hydrogens is 280 g/mol. The van der Waals surface area contributed by atoms with E-state index in [0.29, 0.717) is 16.4 Å². The smallest absolute Gasteiger partial charge is 0.337 e. The SMILES string of the molecule is CN(C(=O)c1cc(Cl)cn1C)c1ccccc1C(=O)O. The molecular formula is C14H13ClN2O3. The van der Waals surface area contributed by atoms with Crippen LogP contribution in [0.3, 0.4) is 0 Å². The third-order valence-electron chi connectivity index (χ3n) is 2.99. The number of carbonyl (C=O) groups is 2. The molecule has 0 atom stereocenters. The van der Waals surface area contributed by atoms with Crippen LogP contribution in [0.15, 0.2) is 36.5 Å². The molecule has 1 aromatic carbocycles. The first-order valence-electron chi connectivity index (χ1n) is 5.84. The van der Waals surface area contributed by atoms with Crippen LogP contribution in [0.4, 0.5) is 5.69 Å². The molecule has 6 heteroatoms. The lowest BCUT2D eigenvalue weighted by atomic mass is 10.1. The number of amides is 1. The number of carboxylic acid groups (broad SMARTS) is 1. The molecule has 104 valence electrons. The van der Waals surface area contributed by atoms with Gasteiger partial charge in [-0.05, 0) is 18.2 Å². The molecule has 0 aliphatic carbocycles. The number of aromatic carboxylic acids is 1. The van der Waals surface area contributed by atoms with E-state index in [4.69, 9.17) is 16.7 Å². The summed E-state index contributed by atoms with van der Waals surface area (Å²) in [7, 11) is 3.24. The summed E-state index contributed by atoms with van der Waals surface area (Å²) < 4.78 is 1.60. The number of carboxylic acids is 1. The van der Waals surface area contributed by atoms with Crippen molar-refractivity contribution in [2.75, 3.05) is 11.9 Å². The van der Waals surface area contributed by atoms with Gasteiger partial charge in [0.1, 0.15) is 5.69 Å². The summed E-state index contributed by atoms with van der Waals surface area (Å²) >= 11 is 5.86. The van der Waals surface area contributed by atoms with Crippen LogP contribution in [-0.4, -0.2) is 28.6 Å². The normalized spacial score (nSPS) is 10.3. The van der Waals surface area contributed by atoms with Crippen molar-refractivity contribution in [1.82, 2.24) is 4.57 Å². The molecule has 0 radical (unpaired) electrons. The van der Waals surface area contributed by atoms with Crippen molar-refractivity contribution < 1.29 is 14.7 Å². The number of rotatable bonds is 3. The van der Waals surface area contributed by atoms with Gasteiger partial charge in [-0.3, -0.25) is 4.79 Å². The molecule has 1 aromatic heterocycles. The first kappa shape index (κ1) is 14.1. The highest BCUT2D eigenvalue weighted by atomic mass is 35.5. The Kier molecular flexibility index (Phi) is 3.81. The lowest BCUT2D eigenvalue weighted by Gasteiger charge is -2.19. The van der Waals surface area contributed by atoms with E-state index in [2.05, 4.69) is 0 Å². The molecule has 0 aliphatic rings. The van der Waals surface area contributed by atoms with E-state index >= 15 is 0 Å². The van der Waals surface area contributed by atoms with Crippen molar-refractivity contribution in [3.8, 4) is 0 Å². The van der Waals surface area contributed by atoms with Gasteiger partial charge in [-0.25, -0.2) is 4.79 Å². The largest absolute Gasteiger partial charge is 0.478 e. The molecule has 0 saturated carbocycles. The van der Waals surface area contributed by atoms with Crippen LogP contribution in [0.5, 0.6) is 0 Å². The van der Waals surface area contributed by atoms with Crippen LogP contribution >= 0.6 is 11.6 Å². The summed E-state index contributed by atoms with van der Waals surface area (Å²) in [6.07, 6.45) is 1.62. The van der Waals surface area contributed by atoms with Crippen LogP contribution in [0.2, 0.25) is 5.02 Å². The predicted molar refractivity (Wildman–Crippen MR) is 76.6 cm³/mol. The predicted octanol–water partition coefficient (Wildman–Crippen LogP) is 2.65. The number of para-hydroxylation sites is 1. The van der Waals surface area contributed by atoms with Crippen molar-refractivity contribution in [1.29, 1.82) is 0 Å². The van der Waals surface area contributed by atoms with Gasteiger partial charge in [0, 0.05) is 20.3 Å². The minimum atomic E-state index is -1.08. The summed E-state index contributed by atoms with van der Waals surface area (Å²) in [6.45, 7) is 0. The van der Waals surface area contributed by atoms with Gasteiger partial charge >= 0.3 is 5.97 Å². The molecule has 0 unspecified atom stereocenters. The van der Waals surface area contributed by atoms with Crippen LogP contribution in [0, 0.1) is 0 Å². The Morgan fingerprint density at radius 1 is 1.30 bits per heavy atom. The van der Waals surface area contributed by atoms with Gasteiger partial charge in [-0.2, -0.15) is 0 Å². The second kappa shape index (κ2) is 5.38. The summed E-state index contributed by atoms with van der Waals surface area (Å²) in [4.78, 5) is 24.9. The van der Waals surface area contributed by atoms with Crippen LogP contribution in [0.1, 0.15) is 20.8 Å². The van der Waals surface area contributed by atoms with Crippen LogP contribution < -0.4 is 4.90 Å². The highest BCUT2D eigenvalue weighted by Gasteiger charge is 2.21. The summed E-state index contributed by atoms with van der Waals surface area (Å²) in [5, 5.41) is 9.62. The zero-order valence-electron chi connectivity index (χ0n) is 11.0. The number of aromatic nitrogens is 1. The quantitative estimate of drug-likeness (QED) is 0.946. The second-order valence-corrected chi connectivity index (χ2v) is 4.78. The van der Waals surface area contributed by atoms with E-state index < -0.39 is 5.97 Å². The molecule has 0 aliphatic heterocycles. The van der Waals surface area contributed by atoms with Gasteiger partial charge in [0.25, 0.3) is 5.91 Å². The maximum absolute atomic E-state index is 12.4. The molecule has 0 bridgehead atoms. The fourth-order valence-corrected chi connectivity index (χ4v) is 2.21. The first-order chi connectivity index (χ1) is 9.41. The lowest BCUT2D eigenvalue weighted by Crippen LogP contribution is -2.29. The number of hydrogen-bond acceptors (Lipinski definition) is 2. The van der Waals surface area contributed by atoms with Gasteiger partial charge in [-0.15, -0.1) is 0 Å². The van der Waals surface area contributed by atoms with Gasteiger partial charge in [0.15, 0.2) is 0 Å². The fourth-order valence-electron chi connectivity index (χ4n) is 1.97. The Bertz CT molecular complexity index is 679. The minimum absolute atomic E-state index is 0.0728. The molecule has 5 nitrogen and oxygen atoms in total.